The predicted octanol–water partition coefficient (Wildman–Crippen LogP) is 2.15. The van der Waals surface area contributed by atoms with Crippen LogP contribution in [0.5, 0.6) is 0 Å². The van der Waals surface area contributed by atoms with Crippen LogP contribution in [0.15, 0.2) is 0 Å². The molecular formula is C11H15NO. The Kier molecular flexibility index (Phi) is 1.44. The largest absolute Gasteiger partial charge is 0.298 e. The molecule has 2 fully saturated rings. The Morgan fingerprint density at radius 2 is 2.08 bits per heavy atom. The number of nitriles is 1. The molecule has 0 heterocycles. The molecule has 70 valence electrons. The highest BCUT2D eigenvalue weighted by atomic mass is 16.1. The highest BCUT2D eigenvalue weighted by molar-refractivity contribution is 5.93. The van der Waals surface area contributed by atoms with Crippen molar-refractivity contribution in [1.82, 2.24) is 0 Å². The van der Waals surface area contributed by atoms with Gasteiger partial charge in [-0.25, -0.2) is 0 Å². The highest BCUT2D eigenvalue weighted by Crippen LogP contribution is 2.65. The van der Waals surface area contributed by atoms with E-state index in [2.05, 4.69) is 19.9 Å². The summed E-state index contributed by atoms with van der Waals surface area (Å²) in [4.78, 5) is 11.9. The second-order valence-electron chi connectivity index (χ2n) is 5.17. The molecule has 2 saturated carbocycles. The third-order valence-electron chi connectivity index (χ3n) is 4.67. The molecule has 0 aliphatic heterocycles. The molecule has 13 heavy (non-hydrogen) atoms. The fourth-order valence-corrected chi connectivity index (χ4v) is 3.23. The van der Waals surface area contributed by atoms with Crippen LogP contribution in [0.4, 0.5) is 0 Å². The Bertz CT molecular complexity index is 313. The van der Waals surface area contributed by atoms with Crippen LogP contribution in [-0.2, 0) is 4.79 Å². The van der Waals surface area contributed by atoms with Crippen molar-refractivity contribution in [3.05, 3.63) is 0 Å². The zero-order chi connectivity index (χ0) is 9.85. The van der Waals surface area contributed by atoms with Crippen LogP contribution >= 0.6 is 0 Å². The number of ketones is 1. The summed E-state index contributed by atoms with van der Waals surface area (Å²) in [7, 11) is 0. The maximum atomic E-state index is 11.9. The van der Waals surface area contributed by atoms with Gasteiger partial charge in [0.2, 0.25) is 0 Å². The first kappa shape index (κ1) is 8.74. The molecule has 0 aromatic rings. The van der Waals surface area contributed by atoms with E-state index in [-0.39, 0.29) is 22.5 Å². The van der Waals surface area contributed by atoms with Crippen LogP contribution in [0.1, 0.15) is 33.6 Å². The zero-order valence-electron chi connectivity index (χ0n) is 8.42. The lowest BCUT2D eigenvalue weighted by molar-refractivity contribution is -0.130. The van der Waals surface area contributed by atoms with Gasteiger partial charge in [-0.3, -0.25) is 4.79 Å². The molecule has 0 saturated heterocycles. The highest BCUT2D eigenvalue weighted by Gasteiger charge is 2.66. The third kappa shape index (κ3) is 0.716. The summed E-state index contributed by atoms with van der Waals surface area (Å²) in [5.41, 5.74) is -0.192. The van der Waals surface area contributed by atoms with E-state index in [1.54, 1.807) is 0 Å². The van der Waals surface area contributed by atoms with Crippen molar-refractivity contribution in [3.8, 4) is 6.07 Å². The number of fused-ring (bicyclic) bond motifs is 2. The van der Waals surface area contributed by atoms with Gasteiger partial charge >= 0.3 is 0 Å². The second-order valence-corrected chi connectivity index (χ2v) is 5.17. The number of Topliss-reactive ketones (excluding diaryl/α,β-unsaturated/α-hetero) is 1. The van der Waals surface area contributed by atoms with Crippen LogP contribution in [-0.4, -0.2) is 5.78 Å². The monoisotopic (exact) mass is 177 g/mol. The van der Waals surface area contributed by atoms with Crippen molar-refractivity contribution in [2.24, 2.45) is 22.7 Å². The normalized spacial score (nSPS) is 46.5. The van der Waals surface area contributed by atoms with Crippen molar-refractivity contribution < 1.29 is 4.79 Å². The van der Waals surface area contributed by atoms with E-state index < -0.39 is 0 Å². The van der Waals surface area contributed by atoms with E-state index in [4.69, 9.17) is 5.26 Å². The molecule has 0 amide bonds. The van der Waals surface area contributed by atoms with E-state index in [9.17, 15) is 4.79 Å². The minimum Gasteiger partial charge on any atom is -0.298 e. The van der Waals surface area contributed by atoms with Crippen molar-refractivity contribution in [2.45, 2.75) is 33.6 Å². The van der Waals surface area contributed by atoms with Crippen LogP contribution < -0.4 is 0 Å². The summed E-state index contributed by atoms with van der Waals surface area (Å²) >= 11 is 0. The standard InChI is InChI=1S/C11H15NO/c1-10(2)8-4-5-11(10,3)9(13)7(8)6-12/h7-8H,4-5H2,1-3H3/t7-,8-,11+/m0/s1. The summed E-state index contributed by atoms with van der Waals surface area (Å²) in [5, 5.41) is 8.93. The summed E-state index contributed by atoms with van der Waals surface area (Å²) < 4.78 is 0. The summed E-state index contributed by atoms with van der Waals surface area (Å²) in [6.45, 7) is 6.31. The van der Waals surface area contributed by atoms with Gasteiger partial charge in [-0.15, -0.1) is 0 Å². The lowest BCUT2D eigenvalue weighted by atomic mass is 9.70. The Morgan fingerprint density at radius 3 is 2.38 bits per heavy atom. The molecular weight excluding hydrogens is 162 g/mol. The molecule has 2 heteroatoms. The van der Waals surface area contributed by atoms with E-state index in [1.165, 1.54) is 0 Å². The molecule has 0 radical (unpaired) electrons. The van der Waals surface area contributed by atoms with Crippen LogP contribution in [0.25, 0.3) is 0 Å². The molecule has 2 rings (SSSR count). The van der Waals surface area contributed by atoms with E-state index in [1.807, 2.05) is 6.92 Å². The quantitative estimate of drug-likeness (QED) is 0.569. The SMILES string of the molecule is CC1(C)[C@H]2CC[C@]1(C)C(=O)[C@H]2C#N. The van der Waals surface area contributed by atoms with Gasteiger partial charge in [0.15, 0.2) is 5.78 Å². The number of rotatable bonds is 0. The molecule has 0 spiro atoms. The van der Waals surface area contributed by atoms with Gasteiger partial charge in [0.05, 0.1) is 6.07 Å². The van der Waals surface area contributed by atoms with Gasteiger partial charge in [-0.1, -0.05) is 20.8 Å². The van der Waals surface area contributed by atoms with Crippen LogP contribution in [0.3, 0.4) is 0 Å². The average molecular weight is 177 g/mol. The first-order valence-corrected chi connectivity index (χ1v) is 4.89. The Morgan fingerprint density at radius 1 is 1.46 bits per heavy atom. The first-order valence-electron chi connectivity index (χ1n) is 4.89. The number of carbonyl (C=O) groups is 1. The van der Waals surface area contributed by atoms with Crippen molar-refractivity contribution >= 4 is 5.78 Å². The lowest BCUT2D eigenvalue weighted by Gasteiger charge is -2.32. The Labute approximate surface area is 78.9 Å². The molecule has 3 atom stereocenters. The molecule has 0 N–H and O–H groups in total. The smallest absolute Gasteiger partial charge is 0.156 e. The van der Waals surface area contributed by atoms with Gasteiger partial charge in [0.25, 0.3) is 0 Å². The van der Waals surface area contributed by atoms with Gasteiger partial charge in [-0.05, 0) is 24.2 Å². The van der Waals surface area contributed by atoms with Gasteiger partial charge in [0.1, 0.15) is 5.92 Å². The fourth-order valence-electron chi connectivity index (χ4n) is 3.23. The number of hydrogen-bond donors (Lipinski definition) is 0. The minimum atomic E-state index is -0.325. The van der Waals surface area contributed by atoms with Gasteiger partial charge < -0.3 is 0 Å². The zero-order valence-corrected chi connectivity index (χ0v) is 8.42. The average Bonchev–Trinajstić information content (AvgIpc) is 2.36. The van der Waals surface area contributed by atoms with Crippen molar-refractivity contribution in [1.29, 1.82) is 5.26 Å². The first-order chi connectivity index (χ1) is 5.95. The van der Waals surface area contributed by atoms with Gasteiger partial charge in [0, 0.05) is 5.41 Å². The summed E-state index contributed by atoms with van der Waals surface area (Å²) in [6, 6.07) is 2.18. The molecule has 0 aromatic carbocycles. The number of hydrogen-bond acceptors (Lipinski definition) is 2. The lowest BCUT2D eigenvalue weighted by Crippen LogP contribution is -2.33. The maximum Gasteiger partial charge on any atom is 0.156 e. The van der Waals surface area contributed by atoms with E-state index in [0.29, 0.717) is 5.92 Å². The van der Waals surface area contributed by atoms with Gasteiger partial charge in [-0.2, -0.15) is 5.26 Å². The Hall–Kier alpha value is -0.840. The molecule has 2 bridgehead atoms. The van der Waals surface area contributed by atoms with Crippen molar-refractivity contribution in [2.75, 3.05) is 0 Å². The second kappa shape index (κ2) is 2.15. The van der Waals surface area contributed by atoms with Crippen LogP contribution in [0.2, 0.25) is 0 Å². The molecule has 2 nitrogen and oxygen atoms in total. The number of carbonyl (C=O) groups excluding carboxylic acids is 1. The van der Waals surface area contributed by atoms with Crippen molar-refractivity contribution in [3.63, 3.8) is 0 Å². The molecule has 2 aliphatic rings. The Balaban J connectivity index is 2.52. The number of nitrogens with zero attached hydrogens (tertiary/aromatic N) is 1. The topological polar surface area (TPSA) is 40.9 Å². The maximum absolute atomic E-state index is 11.9. The molecule has 2 aliphatic carbocycles. The third-order valence-corrected chi connectivity index (χ3v) is 4.67. The minimum absolute atomic E-state index is 0.0322. The molecule has 0 unspecified atom stereocenters. The molecule has 0 aromatic heterocycles. The predicted molar refractivity (Wildman–Crippen MR) is 48.7 cm³/mol. The van der Waals surface area contributed by atoms with Crippen LogP contribution in [0, 0.1) is 34.0 Å². The van der Waals surface area contributed by atoms with E-state index >= 15 is 0 Å². The summed E-state index contributed by atoms with van der Waals surface area (Å²) in [5.74, 6) is 0.167. The fraction of sp³-hybridized carbons (Fsp3) is 0.818. The van der Waals surface area contributed by atoms with E-state index in [0.717, 1.165) is 12.8 Å². The summed E-state index contributed by atoms with van der Waals surface area (Å²) in [6.07, 6.45) is 2.02.